The molecule has 1 aromatic rings. The predicted molar refractivity (Wildman–Crippen MR) is 68.9 cm³/mol. The smallest absolute Gasteiger partial charge is 0.150 e. The van der Waals surface area contributed by atoms with Crippen LogP contribution >= 0.6 is 27.5 Å². The van der Waals surface area contributed by atoms with E-state index < -0.39 is 0 Å². The van der Waals surface area contributed by atoms with Gasteiger partial charge in [-0.15, -0.1) is 0 Å². The zero-order valence-electron chi connectivity index (χ0n) is 8.71. The number of ether oxygens (including phenoxy) is 1. The van der Waals surface area contributed by atoms with Gasteiger partial charge in [0.25, 0.3) is 0 Å². The summed E-state index contributed by atoms with van der Waals surface area (Å²) in [6.45, 7) is 2.19. The van der Waals surface area contributed by atoms with Gasteiger partial charge in [-0.3, -0.25) is 0 Å². The number of hydrogen-bond acceptors (Lipinski definition) is 1. The molecule has 2 aliphatic rings. The molecule has 1 aliphatic carbocycles. The van der Waals surface area contributed by atoms with Gasteiger partial charge < -0.3 is 4.74 Å². The van der Waals surface area contributed by atoms with Gasteiger partial charge in [0.1, 0.15) is 5.76 Å². The minimum atomic E-state index is 0.299. The van der Waals surface area contributed by atoms with Crippen molar-refractivity contribution in [1.29, 1.82) is 0 Å². The highest BCUT2D eigenvalue weighted by molar-refractivity contribution is 9.10. The lowest BCUT2D eigenvalue weighted by Gasteiger charge is -2.19. The first-order valence-corrected chi connectivity index (χ1v) is 6.39. The summed E-state index contributed by atoms with van der Waals surface area (Å²) in [7, 11) is 0. The number of halogens is 2. The summed E-state index contributed by atoms with van der Waals surface area (Å²) in [6.07, 6.45) is 6.26. The van der Waals surface area contributed by atoms with E-state index in [9.17, 15) is 0 Å². The van der Waals surface area contributed by atoms with Crippen LogP contribution in [0.4, 0.5) is 0 Å². The van der Waals surface area contributed by atoms with Crippen LogP contribution in [0.2, 0.25) is 5.02 Å². The van der Waals surface area contributed by atoms with Crippen LogP contribution in [0.3, 0.4) is 0 Å². The molecule has 0 N–H and O–H groups in total. The topological polar surface area (TPSA) is 9.23 Å². The molecule has 1 heterocycles. The molecule has 16 heavy (non-hydrogen) atoms. The average molecular weight is 298 g/mol. The number of fused-ring (bicyclic) bond motifs is 3. The van der Waals surface area contributed by atoms with Crippen LogP contribution < -0.4 is 4.74 Å². The Morgan fingerprint density at radius 3 is 3.00 bits per heavy atom. The average Bonchev–Trinajstić information content (AvgIpc) is 2.65. The van der Waals surface area contributed by atoms with Crippen molar-refractivity contribution in [2.24, 2.45) is 5.92 Å². The fourth-order valence-electron chi connectivity index (χ4n) is 2.36. The normalized spacial score (nSPS) is 25.8. The second-order valence-electron chi connectivity index (χ2n) is 4.16. The van der Waals surface area contributed by atoms with E-state index in [4.69, 9.17) is 16.3 Å². The second-order valence-corrected chi connectivity index (χ2v) is 5.43. The molecule has 1 aromatic carbocycles. The summed E-state index contributed by atoms with van der Waals surface area (Å²) < 4.78 is 6.91. The summed E-state index contributed by atoms with van der Waals surface area (Å²) in [4.78, 5) is 0. The Balaban J connectivity index is 2.23. The number of rotatable bonds is 0. The van der Waals surface area contributed by atoms with E-state index in [1.165, 1.54) is 5.56 Å². The summed E-state index contributed by atoms with van der Waals surface area (Å²) in [6, 6.07) is 3.85. The highest BCUT2D eigenvalue weighted by Crippen LogP contribution is 2.52. The van der Waals surface area contributed by atoms with Gasteiger partial charge in [-0.2, -0.15) is 0 Å². The van der Waals surface area contributed by atoms with Gasteiger partial charge in [-0.25, -0.2) is 0 Å². The molecule has 0 aromatic heterocycles. The highest BCUT2D eigenvalue weighted by atomic mass is 79.9. The van der Waals surface area contributed by atoms with Gasteiger partial charge in [0.15, 0.2) is 5.75 Å². The van der Waals surface area contributed by atoms with E-state index in [2.05, 4.69) is 28.9 Å². The van der Waals surface area contributed by atoms with E-state index in [1.54, 1.807) is 0 Å². The molecule has 0 bridgehead atoms. The predicted octanol–water partition coefficient (Wildman–Crippen LogP) is 4.67. The lowest BCUT2D eigenvalue weighted by Crippen LogP contribution is -2.10. The molecule has 0 radical (unpaired) electrons. The first-order chi connectivity index (χ1) is 7.68. The first kappa shape index (κ1) is 10.4. The molecule has 0 spiro atoms. The van der Waals surface area contributed by atoms with Crippen molar-refractivity contribution in [1.82, 2.24) is 0 Å². The van der Waals surface area contributed by atoms with Gasteiger partial charge in [0, 0.05) is 10.0 Å². The van der Waals surface area contributed by atoms with E-state index in [0.29, 0.717) is 16.9 Å². The lowest BCUT2D eigenvalue weighted by atomic mass is 9.84. The Morgan fingerprint density at radius 1 is 1.38 bits per heavy atom. The van der Waals surface area contributed by atoms with E-state index >= 15 is 0 Å². The van der Waals surface area contributed by atoms with E-state index in [1.807, 2.05) is 24.3 Å². The number of allylic oxidation sites excluding steroid dienone is 4. The molecule has 3 heteroatoms. The minimum absolute atomic E-state index is 0.299. The van der Waals surface area contributed by atoms with Gasteiger partial charge in [-0.05, 0) is 24.1 Å². The summed E-state index contributed by atoms with van der Waals surface area (Å²) in [5.41, 5.74) is 1.18. The fraction of sp³-hybridized carbons (Fsp3) is 0.231. The van der Waals surface area contributed by atoms with Crippen molar-refractivity contribution in [2.75, 3.05) is 0 Å². The van der Waals surface area contributed by atoms with E-state index in [-0.39, 0.29) is 0 Å². The van der Waals surface area contributed by atoms with Crippen LogP contribution in [0.1, 0.15) is 18.4 Å². The molecule has 0 saturated carbocycles. The maximum Gasteiger partial charge on any atom is 0.150 e. The highest BCUT2D eigenvalue weighted by Gasteiger charge is 2.37. The van der Waals surface area contributed by atoms with Crippen LogP contribution in [0.15, 0.2) is 40.6 Å². The third-order valence-electron chi connectivity index (χ3n) is 3.13. The number of hydrogen-bond donors (Lipinski definition) is 0. The Morgan fingerprint density at radius 2 is 2.19 bits per heavy atom. The van der Waals surface area contributed by atoms with Crippen molar-refractivity contribution in [2.45, 2.75) is 12.8 Å². The van der Waals surface area contributed by atoms with Crippen molar-refractivity contribution in [3.05, 3.63) is 51.2 Å². The molecule has 0 saturated heterocycles. The maximum absolute atomic E-state index is 6.16. The molecule has 3 rings (SSSR count). The zero-order valence-corrected chi connectivity index (χ0v) is 11.0. The zero-order chi connectivity index (χ0) is 11.3. The van der Waals surface area contributed by atoms with Crippen molar-refractivity contribution < 1.29 is 4.74 Å². The van der Waals surface area contributed by atoms with Crippen LogP contribution in [0, 0.1) is 5.92 Å². The largest absolute Gasteiger partial charge is 0.459 e. The fourth-order valence-corrected chi connectivity index (χ4v) is 3.12. The van der Waals surface area contributed by atoms with Gasteiger partial charge in [0.05, 0.1) is 10.9 Å². The summed E-state index contributed by atoms with van der Waals surface area (Å²) >= 11 is 9.74. The Hall–Kier alpha value is -0.730. The molecule has 1 aliphatic heterocycles. The minimum Gasteiger partial charge on any atom is -0.459 e. The molecule has 0 amide bonds. The van der Waals surface area contributed by atoms with Gasteiger partial charge in [0.2, 0.25) is 0 Å². The first-order valence-electron chi connectivity index (χ1n) is 5.22. The van der Waals surface area contributed by atoms with Crippen LogP contribution in [-0.4, -0.2) is 0 Å². The maximum atomic E-state index is 6.16. The lowest BCUT2D eigenvalue weighted by molar-refractivity contribution is 0.404. The molecule has 82 valence electrons. The summed E-state index contributed by atoms with van der Waals surface area (Å²) in [5, 5.41) is 0.681. The second kappa shape index (κ2) is 3.64. The Kier molecular flexibility index (Phi) is 2.37. The third kappa shape index (κ3) is 1.36. The van der Waals surface area contributed by atoms with Crippen LogP contribution in [0.5, 0.6) is 5.75 Å². The van der Waals surface area contributed by atoms with Crippen molar-refractivity contribution in [3.8, 4) is 5.75 Å². The van der Waals surface area contributed by atoms with Crippen molar-refractivity contribution in [3.63, 3.8) is 0 Å². The van der Waals surface area contributed by atoms with Gasteiger partial charge in [-0.1, -0.05) is 46.6 Å². The molecule has 0 fully saturated rings. The van der Waals surface area contributed by atoms with Crippen molar-refractivity contribution >= 4 is 27.5 Å². The van der Waals surface area contributed by atoms with Crippen LogP contribution in [0.25, 0.3) is 0 Å². The molecular weight excluding hydrogens is 287 g/mol. The standard InChI is InChI=1S/C13H10BrClO/c1-7-3-2-4-10-11(7)12-8(14)5-6-9(15)13(12)16-10/h2-7,11H,1H3. The Labute approximate surface area is 108 Å². The van der Waals surface area contributed by atoms with Gasteiger partial charge >= 0.3 is 0 Å². The molecule has 1 nitrogen and oxygen atoms in total. The monoisotopic (exact) mass is 296 g/mol. The summed E-state index contributed by atoms with van der Waals surface area (Å²) in [5.74, 6) is 2.55. The molecular formula is C13H10BrClO. The molecule has 2 unspecified atom stereocenters. The molecule has 2 atom stereocenters. The third-order valence-corrected chi connectivity index (χ3v) is 4.12. The van der Waals surface area contributed by atoms with E-state index in [0.717, 1.165) is 16.0 Å². The quantitative estimate of drug-likeness (QED) is 0.676. The number of benzene rings is 1. The van der Waals surface area contributed by atoms with Crippen LogP contribution in [-0.2, 0) is 0 Å². The SMILES string of the molecule is CC1C=CC=C2Oc3c(Cl)ccc(Br)c3C21. The Bertz CT molecular complexity index is 519.